The minimum Gasteiger partial charge on any atom is -0.481 e. The molecule has 23 heavy (non-hydrogen) atoms. The van der Waals surface area contributed by atoms with Gasteiger partial charge in [0.1, 0.15) is 16.9 Å². The molecule has 0 aromatic heterocycles. The summed E-state index contributed by atoms with van der Waals surface area (Å²) in [5, 5.41) is 10.9. The molecule has 0 saturated carbocycles. The standard InChI is InChI=1S/C15H19NO7/c1-5-21-13(17)9-22-12-7-6-10(16(19)20)8-11(12)14(18)23-15(2,3)4/h6-8H,5,9H2,1-4H3. The number of hydrogen-bond donors (Lipinski definition) is 0. The van der Waals surface area contributed by atoms with E-state index in [4.69, 9.17) is 14.2 Å². The molecule has 0 aliphatic carbocycles. The quantitative estimate of drug-likeness (QED) is 0.449. The Balaban J connectivity index is 3.06. The van der Waals surface area contributed by atoms with Gasteiger partial charge in [-0.15, -0.1) is 0 Å². The van der Waals surface area contributed by atoms with E-state index in [0.717, 1.165) is 6.07 Å². The Morgan fingerprint density at radius 3 is 2.43 bits per heavy atom. The van der Waals surface area contributed by atoms with Gasteiger partial charge in [0, 0.05) is 12.1 Å². The third-order valence-corrected chi connectivity index (χ3v) is 2.44. The summed E-state index contributed by atoms with van der Waals surface area (Å²) in [5.74, 6) is -1.38. The SMILES string of the molecule is CCOC(=O)COc1ccc([N+](=O)[O-])cc1C(=O)OC(C)(C)C. The van der Waals surface area contributed by atoms with E-state index in [1.54, 1.807) is 27.7 Å². The van der Waals surface area contributed by atoms with Crippen molar-refractivity contribution >= 4 is 17.6 Å². The second kappa shape index (κ2) is 7.57. The van der Waals surface area contributed by atoms with Crippen LogP contribution in [0.2, 0.25) is 0 Å². The highest BCUT2D eigenvalue weighted by Crippen LogP contribution is 2.26. The van der Waals surface area contributed by atoms with Gasteiger partial charge in [-0.25, -0.2) is 9.59 Å². The lowest BCUT2D eigenvalue weighted by atomic mass is 10.1. The maximum Gasteiger partial charge on any atom is 0.344 e. The van der Waals surface area contributed by atoms with Crippen molar-refractivity contribution in [3.05, 3.63) is 33.9 Å². The van der Waals surface area contributed by atoms with Crippen molar-refractivity contribution in [2.75, 3.05) is 13.2 Å². The fraction of sp³-hybridized carbons (Fsp3) is 0.467. The summed E-state index contributed by atoms with van der Waals surface area (Å²) < 4.78 is 15.1. The first kappa shape index (κ1) is 18.4. The number of esters is 2. The Morgan fingerprint density at radius 1 is 1.26 bits per heavy atom. The van der Waals surface area contributed by atoms with Crippen LogP contribution < -0.4 is 4.74 Å². The fourth-order valence-electron chi connectivity index (χ4n) is 1.59. The zero-order chi connectivity index (χ0) is 17.6. The molecule has 0 atom stereocenters. The molecular weight excluding hydrogens is 306 g/mol. The fourth-order valence-corrected chi connectivity index (χ4v) is 1.59. The molecule has 0 heterocycles. The number of carbonyl (C=O) groups is 2. The van der Waals surface area contributed by atoms with E-state index in [2.05, 4.69) is 0 Å². The molecule has 126 valence electrons. The van der Waals surface area contributed by atoms with Gasteiger partial charge < -0.3 is 14.2 Å². The van der Waals surface area contributed by atoms with Crippen LogP contribution in [-0.2, 0) is 14.3 Å². The first-order valence-corrected chi connectivity index (χ1v) is 6.94. The summed E-state index contributed by atoms with van der Waals surface area (Å²) in [6.45, 7) is 6.43. The van der Waals surface area contributed by atoms with Crippen molar-refractivity contribution in [2.24, 2.45) is 0 Å². The van der Waals surface area contributed by atoms with Gasteiger partial charge in [-0.2, -0.15) is 0 Å². The number of rotatable bonds is 6. The van der Waals surface area contributed by atoms with Gasteiger partial charge in [0.05, 0.1) is 11.5 Å². The molecule has 0 saturated heterocycles. The third kappa shape index (κ3) is 5.93. The van der Waals surface area contributed by atoms with Crippen molar-refractivity contribution in [2.45, 2.75) is 33.3 Å². The highest BCUT2D eigenvalue weighted by Gasteiger charge is 2.24. The Hall–Kier alpha value is -2.64. The summed E-state index contributed by atoms with van der Waals surface area (Å²) in [4.78, 5) is 33.7. The van der Waals surface area contributed by atoms with E-state index in [1.807, 2.05) is 0 Å². The highest BCUT2D eigenvalue weighted by molar-refractivity contribution is 5.93. The van der Waals surface area contributed by atoms with Gasteiger partial charge in [0.25, 0.3) is 5.69 Å². The number of benzene rings is 1. The Kier molecular flexibility index (Phi) is 6.06. The molecule has 0 amide bonds. The third-order valence-electron chi connectivity index (χ3n) is 2.44. The summed E-state index contributed by atoms with van der Waals surface area (Å²) in [6.07, 6.45) is 0. The molecule has 0 aliphatic rings. The number of nitrogens with zero attached hydrogens (tertiary/aromatic N) is 1. The second-order valence-electron chi connectivity index (χ2n) is 5.53. The normalized spacial score (nSPS) is 10.8. The van der Waals surface area contributed by atoms with E-state index >= 15 is 0 Å². The van der Waals surface area contributed by atoms with Crippen molar-refractivity contribution in [1.82, 2.24) is 0 Å². The monoisotopic (exact) mass is 325 g/mol. The largest absolute Gasteiger partial charge is 0.481 e. The number of nitro benzene ring substituents is 1. The molecule has 8 nitrogen and oxygen atoms in total. The van der Waals surface area contributed by atoms with Crippen LogP contribution in [0.25, 0.3) is 0 Å². The number of carbonyl (C=O) groups excluding carboxylic acids is 2. The Labute approximate surface area is 133 Å². The Morgan fingerprint density at radius 2 is 1.91 bits per heavy atom. The zero-order valence-electron chi connectivity index (χ0n) is 13.5. The molecular formula is C15H19NO7. The maximum atomic E-state index is 12.2. The maximum absolute atomic E-state index is 12.2. The lowest BCUT2D eigenvalue weighted by molar-refractivity contribution is -0.384. The average Bonchev–Trinajstić information content (AvgIpc) is 2.43. The molecule has 1 rings (SSSR count). The van der Waals surface area contributed by atoms with Crippen molar-refractivity contribution in [3.63, 3.8) is 0 Å². The van der Waals surface area contributed by atoms with E-state index in [0.29, 0.717) is 0 Å². The van der Waals surface area contributed by atoms with Crippen LogP contribution >= 0.6 is 0 Å². The number of ether oxygens (including phenoxy) is 3. The number of non-ortho nitro benzene ring substituents is 1. The van der Waals surface area contributed by atoms with Gasteiger partial charge in [0.2, 0.25) is 0 Å². The Bertz CT molecular complexity index is 604. The average molecular weight is 325 g/mol. The first-order chi connectivity index (χ1) is 10.6. The van der Waals surface area contributed by atoms with Crippen LogP contribution in [0.1, 0.15) is 38.1 Å². The van der Waals surface area contributed by atoms with Crippen LogP contribution in [0, 0.1) is 10.1 Å². The van der Waals surface area contributed by atoms with E-state index in [1.165, 1.54) is 12.1 Å². The predicted octanol–water partition coefficient (Wildman–Crippen LogP) is 2.49. The highest BCUT2D eigenvalue weighted by atomic mass is 16.6. The van der Waals surface area contributed by atoms with Crippen LogP contribution in [-0.4, -0.2) is 35.7 Å². The van der Waals surface area contributed by atoms with Gasteiger partial charge >= 0.3 is 11.9 Å². The van der Waals surface area contributed by atoms with Gasteiger partial charge in [0.15, 0.2) is 6.61 Å². The summed E-state index contributed by atoms with van der Waals surface area (Å²) in [5.41, 5.74) is -1.19. The molecule has 1 aromatic carbocycles. The van der Waals surface area contributed by atoms with E-state index in [9.17, 15) is 19.7 Å². The van der Waals surface area contributed by atoms with E-state index in [-0.39, 0.29) is 23.6 Å². The lowest BCUT2D eigenvalue weighted by Crippen LogP contribution is -2.24. The van der Waals surface area contributed by atoms with Crippen LogP contribution in [0.5, 0.6) is 5.75 Å². The zero-order valence-corrected chi connectivity index (χ0v) is 13.5. The minimum atomic E-state index is -0.778. The molecule has 1 aromatic rings. The molecule has 0 aliphatic heterocycles. The minimum absolute atomic E-state index is 0.0119. The second-order valence-corrected chi connectivity index (χ2v) is 5.53. The van der Waals surface area contributed by atoms with Crippen LogP contribution in [0.4, 0.5) is 5.69 Å². The summed E-state index contributed by atoms with van der Waals surface area (Å²) >= 11 is 0. The molecule has 0 bridgehead atoms. The van der Waals surface area contributed by atoms with Crippen LogP contribution in [0.15, 0.2) is 18.2 Å². The smallest absolute Gasteiger partial charge is 0.344 e. The molecule has 8 heteroatoms. The number of nitro groups is 1. The summed E-state index contributed by atoms with van der Waals surface area (Å²) in [6, 6.07) is 3.47. The van der Waals surface area contributed by atoms with Gasteiger partial charge in [-0.1, -0.05) is 0 Å². The molecule has 0 N–H and O–H groups in total. The lowest BCUT2D eigenvalue weighted by Gasteiger charge is -2.20. The molecule has 0 unspecified atom stereocenters. The molecule has 0 fully saturated rings. The van der Waals surface area contributed by atoms with Crippen molar-refractivity contribution < 1.29 is 28.7 Å². The summed E-state index contributed by atoms with van der Waals surface area (Å²) in [7, 11) is 0. The van der Waals surface area contributed by atoms with Crippen molar-refractivity contribution in [1.29, 1.82) is 0 Å². The number of hydrogen-bond acceptors (Lipinski definition) is 7. The van der Waals surface area contributed by atoms with E-state index < -0.39 is 29.1 Å². The van der Waals surface area contributed by atoms with Crippen molar-refractivity contribution in [3.8, 4) is 5.75 Å². The molecule has 0 radical (unpaired) electrons. The van der Waals surface area contributed by atoms with Gasteiger partial charge in [-0.3, -0.25) is 10.1 Å². The van der Waals surface area contributed by atoms with Crippen LogP contribution in [0.3, 0.4) is 0 Å². The predicted molar refractivity (Wildman–Crippen MR) is 80.4 cm³/mol. The molecule has 0 spiro atoms. The first-order valence-electron chi connectivity index (χ1n) is 6.94. The van der Waals surface area contributed by atoms with Gasteiger partial charge in [-0.05, 0) is 33.8 Å². The topological polar surface area (TPSA) is 105 Å².